The first-order valence-corrected chi connectivity index (χ1v) is 11.2. The van der Waals surface area contributed by atoms with Crippen LogP contribution in [0.2, 0.25) is 0 Å². The minimum Gasteiger partial charge on any atom is -0.376 e. The summed E-state index contributed by atoms with van der Waals surface area (Å²) in [6, 6.07) is 7.85. The van der Waals surface area contributed by atoms with Crippen LogP contribution >= 0.6 is 23.1 Å². The number of fused-ring (bicyclic) bond motifs is 1. The molecule has 0 aliphatic carbocycles. The van der Waals surface area contributed by atoms with E-state index in [0.29, 0.717) is 5.13 Å². The molecular formula is C19H23N5O2S2. The monoisotopic (exact) mass is 417 g/mol. The van der Waals surface area contributed by atoms with E-state index in [9.17, 15) is 4.79 Å². The lowest BCUT2D eigenvalue weighted by Crippen LogP contribution is -2.19. The zero-order chi connectivity index (χ0) is 19.5. The van der Waals surface area contributed by atoms with Crippen molar-refractivity contribution in [1.82, 2.24) is 19.7 Å². The van der Waals surface area contributed by atoms with Crippen LogP contribution in [0, 0.1) is 0 Å². The summed E-state index contributed by atoms with van der Waals surface area (Å²) in [6.45, 7) is 5.76. The van der Waals surface area contributed by atoms with Gasteiger partial charge in [-0.15, -0.1) is 10.2 Å². The average Bonchev–Trinajstić information content (AvgIpc) is 3.39. The number of thiazole rings is 1. The van der Waals surface area contributed by atoms with Gasteiger partial charge in [-0.1, -0.05) is 49.1 Å². The molecule has 1 atom stereocenters. The summed E-state index contributed by atoms with van der Waals surface area (Å²) in [5, 5.41) is 12.9. The van der Waals surface area contributed by atoms with Crippen molar-refractivity contribution in [2.24, 2.45) is 0 Å². The molecule has 1 fully saturated rings. The van der Waals surface area contributed by atoms with Crippen LogP contribution in [0.25, 0.3) is 10.2 Å². The van der Waals surface area contributed by atoms with Crippen molar-refractivity contribution in [2.45, 2.75) is 50.4 Å². The first kappa shape index (κ1) is 19.4. The first-order chi connectivity index (χ1) is 13.6. The van der Waals surface area contributed by atoms with Crippen LogP contribution in [-0.4, -0.2) is 44.1 Å². The number of ether oxygens (including phenoxy) is 1. The summed E-state index contributed by atoms with van der Waals surface area (Å²) in [4.78, 5) is 16.9. The number of hydrogen-bond donors (Lipinski definition) is 1. The lowest BCUT2D eigenvalue weighted by molar-refractivity contribution is -0.113. The van der Waals surface area contributed by atoms with Crippen LogP contribution in [0.4, 0.5) is 5.13 Å². The van der Waals surface area contributed by atoms with E-state index in [-0.39, 0.29) is 23.7 Å². The lowest BCUT2D eigenvalue weighted by atomic mass is 10.2. The van der Waals surface area contributed by atoms with Crippen molar-refractivity contribution in [2.75, 3.05) is 17.7 Å². The van der Waals surface area contributed by atoms with Crippen LogP contribution in [0.5, 0.6) is 0 Å². The van der Waals surface area contributed by atoms with Crippen LogP contribution in [0.1, 0.15) is 38.4 Å². The number of nitrogens with one attached hydrogen (secondary N) is 1. The van der Waals surface area contributed by atoms with Gasteiger partial charge in [-0.3, -0.25) is 4.79 Å². The van der Waals surface area contributed by atoms with Crippen molar-refractivity contribution in [3.63, 3.8) is 0 Å². The summed E-state index contributed by atoms with van der Waals surface area (Å²) >= 11 is 2.88. The molecule has 1 saturated heterocycles. The maximum atomic E-state index is 12.4. The number of para-hydroxylation sites is 1. The van der Waals surface area contributed by atoms with Crippen LogP contribution in [0.15, 0.2) is 29.4 Å². The molecule has 0 radical (unpaired) electrons. The molecule has 3 aromatic rings. The summed E-state index contributed by atoms with van der Waals surface area (Å²) in [7, 11) is 0. The molecular weight excluding hydrogens is 394 g/mol. The lowest BCUT2D eigenvalue weighted by Gasteiger charge is -2.15. The number of hydrogen-bond acceptors (Lipinski definition) is 7. The van der Waals surface area contributed by atoms with Crippen LogP contribution < -0.4 is 5.32 Å². The number of aromatic nitrogens is 4. The topological polar surface area (TPSA) is 81.9 Å². The van der Waals surface area contributed by atoms with Gasteiger partial charge < -0.3 is 14.6 Å². The molecule has 7 nitrogen and oxygen atoms in total. The van der Waals surface area contributed by atoms with E-state index in [1.54, 1.807) is 0 Å². The van der Waals surface area contributed by atoms with E-state index in [2.05, 4.69) is 38.9 Å². The number of anilines is 1. The van der Waals surface area contributed by atoms with Gasteiger partial charge in [-0.25, -0.2) is 4.98 Å². The van der Waals surface area contributed by atoms with Gasteiger partial charge in [0.05, 0.1) is 28.6 Å². The Morgan fingerprint density at radius 2 is 2.25 bits per heavy atom. The largest absolute Gasteiger partial charge is 0.376 e. The smallest absolute Gasteiger partial charge is 0.236 e. The zero-order valence-electron chi connectivity index (χ0n) is 15.9. The van der Waals surface area contributed by atoms with Gasteiger partial charge in [0.15, 0.2) is 10.3 Å². The van der Waals surface area contributed by atoms with Crippen LogP contribution in [0.3, 0.4) is 0 Å². The molecule has 1 aromatic carbocycles. The minimum atomic E-state index is -0.0955. The molecule has 0 bridgehead atoms. The average molecular weight is 418 g/mol. The number of benzene rings is 1. The van der Waals surface area contributed by atoms with E-state index in [1.807, 2.05) is 24.3 Å². The van der Waals surface area contributed by atoms with Gasteiger partial charge in [0.2, 0.25) is 5.91 Å². The third-order valence-corrected chi connectivity index (χ3v) is 6.46. The zero-order valence-corrected chi connectivity index (χ0v) is 17.6. The quantitative estimate of drug-likeness (QED) is 0.587. The molecule has 1 aliphatic heterocycles. The normalized spacial score (nSPS) is 16.9. The Kier molecular flexibility index (Phi) is 5.93. The second-order valence-corrected chi connectivity index (χ2v) is 9.04. The van der Waals surface area contributed by atoms with E-state index in [1.165, 1.54) is 23.1 Å². The Hall–Kier alpha value is -1.97. The Bertz CT molecular complexity index is 929. The standard InChI is InChI=1S/C19H23N5O2S2/c1-12(2)17-22-23-19(24(17)10-13-6-5-9-26-13)27-11-16(25)21-18-20-14-7-3-4-8-15(14)28-18/h3-4,7-8,12-13H,5-6,9-11H2,1-2H3,(H,20,21,25)/t13-/m1/s1. The first-order valence-electron chi connectivity index (χ1n) is 9.43. The highest BCUT2D eigenvalue weighted by Crippen LogP contribution is 2.27. The Balaban J connectivity index is 1.41. The molecule has 3 heterocycles. The highest BCUT2D eigenvalue weighted by atomic mass is 32.2. The fourth-order valence-electron chi connectivity index (χ4n) is 3.21. The third kappa shape index (κ3) is 4.37. The highest BCUT2D eigenvalue weighted by molar-refractivity contribution is 7.99. The number of amides is 1. The molecule has 4 rings (SSSR count). The van der Waals surface area contributed by atoms with Crippen molar-refractivity contribution in [3.05, 3.63) is 30.1 Å². The minimum absolute atomic E-state index is 0.0955. The summed E-state index contributed by atoms with van der Waals surface area (Å²) in [5.41, 5.74) is 0.897. The van der Waals surface area contributed by atoms with E-state index < -0.39 is 0 Å². The molecule has 1 N–H and O–H groups in total. The molecule has 0 saturated carbocycles. The van der Waals surface area contributed by atoms with Gasteiger partial charge in [0, 0.05) is 12.5 Å². The van der Waals surface area contributed by atoms with E-state index in [0.717, 1.165) is 47.2 Å². The highest BCUT2D eigenvalue weighted by Gasteiger charge is 2.22. The van der Waals surface area contributed by atoms with Gasteiger partial charge in [0.25, 0.3) is 0 Å². The second kappa shape index (κ2) is 8.59. The van der Waals surface area contributed by atoms with Gasteiger partial charge >= 0.3 is 0 Å². The molecule has 1 amide bonds. The molecule has 0 spiro atoms. The van der Waals surface area contributed by atoms with Gasteiger partial charge in [-0.2, -0.15) is 0 Å². The summed E-state index contributed by atoms with van der Waals surface area (Å²) < 4.78 is 8.94. The number of rotatable bonds is 7. The fraction of sp³-hybridized carbons (Fsp3) is 0.474. The van der Waals surface area contributed by atoms with E-state index >= 15 is 0 Å². The molecule has 0 unspecified atom stereocenters. The van der Waals surface area contributed by atoms with Crippen LogP contribution in [-0.2, 0) is 16.1 Å². The molecule has 148 valence electrons. The van der Waals surface area contributed by atoms with Crippen molar-refractivity contribution in [3.8, 4) is 0 Å². The fourth-order valence-corrected chi connectivity index (χ4v) is 4.85. The second-order valence-electron chi connectivity index (χ2n) is 7.06. The molecule has 9 heteroatoms. The maximum absolute atomic E-state index is 12.4. The molecule has 28 heavy (non-hydrogen) atoms. The SMILES string of the molecule is CC(C)c1nnc(SCC(=O)Nc2nc3ccccc3s2)n1C[C@H]1CCCO1. The Morgan fingerprint density at radius 3 is 3.00 bits per heavy atom. The van der Waals surface area contributed by atoms with Crippen molar-refractivity contribution in [1.29, 1.82) is 0 Å². The predicted octanol–water partition coefficient (Wildman–Crippen LogP) is 3.92. The van der Waals surface area contributed by atoms with Gasteiger partial charge in [0.1, 0.15) is 5.82 Å². The third-order valence-electron chi connectivity index (χ3n) is 4.54. The molecule has 2 aromatic heterocycles. The van der Waals surface area contributed by atoms with Crippen molar-refractivity contribution < 1.29 is 9.53 Å². The van der Waals surface area contributed by atoms with Crippen molar-refractivity contribution >= 4 is 44.4 Å². The Labute approximate surface area is 171 Å². The summed E-state index contributed by atoms with van der Waals surface area (Å²) in [5.74, 6) is 1.36. The van der Waals surface area contributed by atoms with E-state index in [4.69, 9.17) is 4.74 Å². The number of carbonyl (C=O) groups is 1. The maximum Gasteiger partial charge on any atom is 0.236 e. The number of nitrogens with zero attached hydrogens (tertiary/aromatic N) is 4. The summed E-state index contributed by atoms with van der Waals surface area (Å²) in [6.07, 6.45) is 2.35. The number of carbonyl (C=O) groups excluding carboxylic acids is 1. The number of thioether (sulfide) groups is 1. The van der Waals surface area contributed by atoms with Gasteiger partial charge in [-0.05, 0) is 25.0 Å². The molecule has 1 aliphatic rings. The predicted molar refractivity (Wildman–Crippen MR) is 112 cm³/mol. The Morgan fingerprint density at radius 1 is 1.39 bits per heavy atom.